The predicted octanol–water partition coefficient (Wildman–Crippen LogP) is 4.14. The van der Waals surface area contributed by atoms with Crippen molar-refractivity contribution in [2.24, 2.45) is 0 Å². The van der Waals surface area contributed by atoms with Crippen molar-refractivity contribution >= 4 is 10.9 Å². The topological polar surface area (TPSA) is 80.2 Å². The molecular formula is C21H14N6. The molecule has 5 rings (SSSR count). The fourth-order valence-corrected chi connectivity index (χ4v) is 3.12. The Kier molecular flexibility index (Phi) is 3.65. The molecule has 0 aliphatic carbocycles. The second kappa shape index (κ2) is 6.42. The second-order valence-corrected chi connectivity index (χ2v) is 6.06. The third-order valence-electron chi connectivity index (χ3n) is 4.38. The van der Waals surface area contributed by atoms with Crippen LogP contribution in [0.25, 0.3) is 44.8 Å². The van der Waals surface area contributed by atoms with E-state index in [9.17, 15) is 0 Å². The fraction of sp³-hybridized carbons (Fsp3) is 0. The Morgan fingerprint density at radius 2 is 1.37 bits per heavy atom. The number of hydrogen-bond donors (Lipinski definition) is 1. The van der Waals surface area contributed by atoms with Gasteiger partial charge < -0.3 is 4.98 Å². The zero-order valence-corrected chi connectivity index (χ0v) is 14.2. The van der Waals surface area contributed by atoms with Crippen LogP contribution >= 0.6 is 0 Å². The summed E-state index contributed by atoms with van der Waals surface area (Å²) in [5.74, 6) is 0. The molecule has 5 aromatic rings. The summed E-state index contributed by atoms with van der Waals surface area (Å²) in [6.45, 7) is 0. The first kappa shape index (κ1) is 15.3. The quantitative estimate of drug-likeness (QED) is 0.529. The van der Waals surface area contributed by atoms with Crippen LogP contribution in [0, 0.1) is 0 Å². The van der Waals surface area contributed by atoms with E-state index in [-0.39, 0.29) is 0 Å². The molecular weight excluding hydrogens is 336 g/mol. The molecule has 1 aromatic carbocycles. The van der Waals surface area contributed by atoms with Crippen LogP contribution in [0.2, 0.25) is 0 Å². The van der Waals surface area contributed by atoms with Crippen LogP contribution in [-0.4, -0.2) is 29.9 Å². The van der Waals surface area contributed by atoms with Crippen LogP contribution < -0.4 is 0 Å². The van der Waals surface area contributed by atoms with Crippen molar-refractivity contribution in [3.8, 4) is 33.9 Å². The van der Waals surface area contributed by atoms with E-state index in [0.29, 0.717) is 11.4 Å². The Morgan fingerprint density at radius 3 is 2.00 bits per heavy atom. The normalized spacial score (nSPS) is 11.0. The third kappa shape index (κ3) is 2.83. The number of H-pyrrole nitrogens is 1. The summed E-state index contributed by atoms with van der Waals surface area (Å²) in [7, 11) is 0. The van der Waals surface area contributed by atoms with E-state index in [1.54, 1.807) is 37.2 Å². The van der Waals surface area contributed by atoms with Crippen molar-refractivity contribution in [1.29, 1.82) is 0 Å². The highest BCUT2D eigenvalue weighted by molar-refractivity contribution is 5.96. The number of hydrogen-bond acceptors (Lipinski definition) is 5. The molecule has 0 unspecified atom stereocenters. The highest BCUT2D eigenvalue weighted by Crippen LogP contribution is 2.32. The maximum Gasteiger partial charge on any atom is 0.107 e. The van der Waals surface area contributed by atoms with Gasteiger partial charge in [0.05, 0.1) is 23.8 Å². The van der Waals surface area contributed by atoms with Gasteiger partial charge >= 0.3 is 0 Å². The number of nitrogens with zero attached hydrogens (tertiary/aromatic N) is 5. The number of rotatable bonds is 3. The average molecular weight is 350 g/mol. The van der Waals surface area contributed by atoms with E-state index < -0.39 is 0 Å². The average Bonchev–Trinajstić information content (AvgIpc) is 3.19. The summed E-state index contributed by atoms with van der Waals surface area (Å²) < 4.78 is 0. The highest BCUT2D eigenvalue weighted by atomic mass is 14.9. The van der Waals surface area contributed by atoms with E-state index in [1.165, 1.54) is 0 Å². The summed E-state index contributed by atoms with van der Waals surface area (Å²) >= 11 is 0. The van der Waals surface area contributed by atoms with Crippen LogP contribution in [0.3, 0.4) is 0 Å². The Balaban J connectivity index is 1.76. The molecule has 0 bridgehead atoms. The second-order valence-electron chi connectivity index (χ2n) is 6.06. The third-order valence-corrected chi connectivity index (χ3v) is 4.38. The Hall–Kier alpha value is -3.93. The van der Waals surface area contributed by atoms with Gasteiger partial charge in [-0.25, -0.2) is 4.98 Å². The number of aromatic amines is 1. The molecule has 0 aliphatic heterocycles. The molecule has 4 heterocycles. The summed E-state index contributed by atoms with van der Waals surface area (Å²) in [5, 5.41) is 1.15. The molecule has 6 heteroatoms. The highest BCUT2D eigenvalue weighted by Gasteiger charge is 2.13. The van der Waals surface area contributed by atoms with Gasteiger partial charge in [-0.2, -0.15) is 0 Å². The molecule has 1 N–H and O–H groups in total. The summed E-state index contributed by atoms with van der Waals surface area (Å²) in [6, 6.07) is 12.3. The summed E-state index contributed by atoms with van der Waals surface area (Å²) in [5.41, 5.74) is 6.13. The van der Waals surface area contributed by atoms with Crippen LogP contribution in [0.4, 0.5) is 0 Å². The van der Waals surface area contributed by atoms with E-state index in [2.05, 4.69) is 37.1 Å². The molecule has 0 amide bonds. The summed E-state index contributed by atoms with van der Waals surface area (Å²) in [4.78, 5) is 25.2. The first-order chi connectivity index (χ1) is 13.4. The molecule has 128 valence electrons. The molecule has 0 saturated heterocycles. The van der Waals surface area contributed by atoms with Crippen molar-refractivity contribution in [3.05, 3.63) is 79.8 Å². The van der Waals surface area contributed by atoms with Crippen LogP contribution in [0.1, 0.15) is 0 Å². The molecule has 0 saturated carbocycles. The maximum atomic E-state index is 4.75. The minimum Gasteiger partial charge on any atom is -0.361 e. The molecule has 6 nitrogen and oxygen atoms in total. The Morgan fingerprint density at radius 1 is 0.704 bits per heavy atom. The molecule has 0 fully saturated rings. The lowest BCUT2D eigenvalue weighted by Gasteiger charge is -2.08. The number of pyridine rings is 1. The lowest BCUT2D eigenvalue weighted by atomic mass is 10.0. The van der Waals surface area contributed by atoms with Gasteiger partial charge in [-0.15, -0.1) is 0 Å². The van der Waals surface area contributed by atoms with Crippen LogP contribution in [-0.2, 0) is 0 Å². The van der Waals surface area contributed by atoms with Gasteiger partial charge in [-0.1, -0.05) is 18.2 Å². The first-order valence-electron chi connectivity index (χ1n) is 8.50. The predicted molar refractivity (Wildman–Crippen MR) is 104 cm³/mol. The number of fused-ring (bicyclic) bond motifs is 1. The van der Waals surface area contributed by atoms with Crippen molar-refractivity contribution < 1.29 is 0 Å². The molecule has 0 radical (unpaired) electrons. The zero-order chi connectivity index (χ0) is 18.1. The summed E-state index contributed by atoms with van der Waals surface area (Å²) in [6.07, 6.45) is 12.1. The monoisotopic (exact) mass is 350 g/mol. The van der Waals surface area contributed by atoms with Crippen molar-refractivity contribution in [2.75, 3.05) is 0 Å². The fourth-order valence-electron chi connectivity index (χ4n) is 3.12. The van der Waals surface area contributed by atoms with Gasteiger partial charge in [-0.05, 0) is 23.8 Å². The SMILES string of the molecule is c1ccc2c(-c3cc(-c4cnccn4)nc(-c4cnccn4)c3)c[nH]c2c1. The number of nitrogens with one attached hydrogen (secondary N) is 1. The van der Waals surface area contributed by atoms with Crippen molar-refractivity contribution in [1.82, 2.24) is 29.9 Å². The maximum absolute atomic E-state index is 4.75. The van der Waals surface area contributed by atoms with Gasteiger partial charge in [0.15, 0.2) is 0 Å². The van der Waals surface area contributed by atoms with E-state index in [1.807, 2.05) is 30.5 Å². The Bertz CT molecular complexity index is 1160. The van der Waals surface area contributed by atoms with Gasteiger partial charge in [0.25, 0.3) is 0 Å². The lowest BCUT2D eigenvalue weighted by Crippen LogP contribution is -1.94. The lowest BCUT2D eigenvalue weighted by molar-refractivity contribution is 1.15. The van der Waals surface area contributed by atoms with Crippen molar-refractivity contribution in [3.63, 3.8) is 0 Å². The van der Waals surface area contributed by atoms with Crippen LogP contribution in [0.5, 0.6) is 0 Å². The number of para-hydroxylation sites is 1. The van der Waals surface area contributed by atoms with Crippen LogP contribution in [0.15, 0.2) is 79.8 Å². The molecule has 27 heavy (non-hydrogen) atoms. The molecule has 0 aliphatic rings. The molecule has 0 atom stereocenters. The Labute approximate surface area is 155 Å². The largest absolute Gasteiger partial charge is 0.361 e. The van der Waals surface area contributed by atoms with E-state index in [4.69, 9.17) is 4.98 Å². The smallest absolute Gasteiger partial charge is 0.107 e. The molecule has 4 aromatic heterocycles. The molecule has 0 spiro atoms. The van der Waals surface area contributed by atoms with Gasteiger partial charge in [-0.3, -0.25) is 19.9 Å². The minimum atomic E-state index is 0.712. The number of benzene rings is 1. The minimum absolute atomic E-state index is 0.712. The van der Waals surface area contributed by atoms with Gasteiger partial charge in [0.2, 0.25) is 0 Å². The van der Waals surface area contributed by atoms with Crippen molar-refractivity contribution in [2.45, 2.75) is 0 Å². The standard InChI is InChI=1S/C21H14N6/c1-2-4-17-15(3-1)16(11-26-17)14-9-18(20-12-22-5-7-24-20)27-19(10-14)21-13-23-6-8-25-21/h1-13,26H. The van der Waals surface area contributed by atoms with Gasteiger partial charge in [0.1, 0.15) is 11.4 Å². The van der Waals surface area contributed by atoms with E-state index in [0.717, 1.165) is 33.4 Å². The van der Waals surface area contributed by atoms with E-state index >= 15 is 0 Å². The number of aromatic nitrogens is 6. The van der Waals surface area contributed by atoms with Gasteiger partial charge in [0, 0.05) is 47.5 Å². The zero-order valence-electron chi connectivity index (χ0n) is 14.2. The first-order valence-corrected chi connectivity index (χ1v) is 8.50.